The van der Waals surface area contributed by atoms with E-state index in [1.165, 1.54) is 106 Å². The van der Waals surface area contributed by atoms with E-state index in [4.69, 9.17) is 0 Å². The Balaban J connectivity index is 1.02. The zero-order valence-electron chi connectivity index (χ0n) is 39.9. The number of rotatable bonds is 7. The number of anilines is 3. The van der Waals surface area contributed by atoms with E-state index >= 15 is 0 Å². The largest absolute Gasteiger partial charge is 0.309 e. The number of hydrogen-bond donors (Lipinski definition) is 0. The minimum atomic E-state index is -0.314. The van der Waals surface area contributed by atoms with Crippen molar-refractivity contribution in [2.45, 2.75) is 50.9 Å². The Hall–Kier alpha value is -8.00. The maximum atomic E-state index is 2.52. The minimum Gasteiger partial charge on any atom is -0.309 e. The lowest BCUT2D eigenvalue weighted by Crippen LogP contribution is -2.22. The molecule has 0 saturated carbocycles. The van der Waals surface area contributed by atoms with Gasteiger partial charge in [-0.2, -0.15) is 0 Å². The molecule has 0 bridgehead atoms. The SMILES string of the molecule is CC1(C)c2ccccc2-c2c(-c3ccccc3N(c3ccc(-c4cccc5c4C(C)(C)c4ccccc4-5)cc3)c3ccccc3-c3ccc4c(c3)C(C)(c3ccccc3)c3ccccc3-4)cccc21. The molecule has 0 aromatic heterocycles. The highest BCUT2D eigenvalue weighted by Gasteiger charge is 2.42. The van der Waals surface area contributed by atoms with Gasteiger partial charge in [0, 0.05) is 33.1 Å². The Morgan fingerprint density at radius 1 is 0.290 bits per heavy atom. The molecule has 3 aliphatic carbocycles. The first kappa shape index (κ1) is 41.2. The van der Waals surface area contributed by atoms with Gasteiger partial charge in [0.1, 0.15) is 0 Å². The van der Waals surface area contributed by atoms with Crippen LogP contribution in [0.3, 0.4) is 0 Å². The molecule has 0 saturated heterocycles. The van der Waals surface area contributed by atoms with Crippen molar-refractivity contribution >= 4 is 17.1 Å². The number of para-hydroxylation sites is 2. The minimum absolute atomic E-state index is 0.117. The van der Waals surface area contributed by atoms with Gasteiger partial charge < -0.3 is 4.90 Å². The van der Waals surface area contributed by atoms with Gasteiger partial charge in [0.25, 0.3) is 0 Å². The van der Waals surface area contributed by atoms with Crippen LogP contribution in [0, 0.1) is 0 Å². The Morgan fingerprint density at radius 3 is 1.49 bits per heavy atom. The summed E-state index contributed by atoms with van der Waals surface area (Å²) in [6.07, 6.45) is 0. The van der Waals surface area contributed by atoms with Crippen LogP contribution in [-0.2, 0) is 16.2 Å². The third-order valence-electron chi connectivity index (χ3n) is 16.2. The first-order chi connectivity index (χ1) is 33.7. The van der Waals surface area contributed by atoms with E-state index in [9.17, 15) is 0 Å². The average Bonchev–Trinajstić information content (AvgIpc) is 3.91. The average molecular weight is 884 g/mol. The quantitative estimate of drug-likeness (QED) is 0.154. The van der Waals surface area contributed by atoms with E-state index in [2.05, 4.69) is 270 Å². The van der Waals surface area contributed by atoms with E-state index in [0.717, 1.165) is 17.1 Å². The lowest BCUT2D eigenvalue weighted by atomic mass is 9.74. The second-order valence-electron chi connectivity index (χ2n) is 20.5. The summed E-state index contributed by atoms with van der Waals surface area (Å²) in [5.41, 5.74) is 27.6. The maximum Gasteiger partial charge on any atom is 0.0540 e. The smallest absolute Gasteiger partial charge is 0.0540 e. The van der Waals surface area contributed by atoms with Crippen molar-refractivity contribution in [3.05, 3.63) is 269 Å². The fourth-order valence-electron chi connectivity index (χ4n) is 12.8. The predicted octanol–water partition coefficient (Wildman–Crippen LogP) is 18.1. The van der Waals surface area contributed by atoms with Crippen LogP contribution in [0.4, 0.5) is 17.1 Å². The molecule has 330 valence electrons. The van der Waals surface area contributed by atoms with E-state index < -0.39 is 0 Å². The highest BCUT2D eigenvalue weighted by Crippen LogP contribution is 2.57. The van der Waals surface area contributed by atoms with Crippen LogP contribution in [0.5, 0.6) is 0 Å². The monoisotopic (exact) mass is 883 g/mol. The summed E-state index contributed by atoms with van der Waals surface area (Å²) in [6, 6.07) is 86.4. The van der Waals surface area contributed by atoms with Gasteiger partial charge >= 0.3 is 0 Å². The second-order valence-corrected chi connectivity index (χ2v) is 20.5. The third kappa shape index (κ3) is 5.96. The summed E-state index contributed by atoms with van der Waals surface area (Å²) >= 11 is 0. The van der Waals surface area contributed by atoms with Gasteiger partial charge in [-0.15, -0.1) is 0 Å². The lowest BCUT2D eigenvalue weighted by molar-refractivity contribution is 0.660. The van der Waals surface area contributed by atoms with Crippen molar-refractivity contribution in [3.63, 3.8) is 0 Å². The van der Waals surface area contributed by atoms with Gasteiger partial charge in [0.2, 0.25) is 0 Å². The van der Waals surface area contributed by atoms with Crippen LogP contribution in [0.1, 0.15) is 73.6 Å². The highest BCUT2D eigenvalue weighted by atomic mass is 15.1. The molecule has 0 amide bonds. The van der Waals surface area contributed by atoms with Crippen molar-refractivity contribution in [2.75, 3.05) is 4.90 Å². The molecule has 10 aromatic carbocycles. The molecule has 13 rings (SSSR count). The number of benzene rings is 10. The van der Waals surface area contributed by atoms with E-state index in [1.54, 1.807) is 0 Å². The molecule has 0 aliphatic heterocycles. The van der Waals surface area contributed by atoms with Crippen molar-refractivity contribution in [3.8, 4) is 66.8 Å². The van der Waals surface area contributed by atoms with E-state index in [1.807, 2.05) is 0 Å². The van der Waals surface area contributed by atoms with Crippen molar-refractivity contribution in [1.82, 2.24) is 0 Å². The van der Waals surface area contributed by atoms with Gasteiger partial charge in [-0.25, -0.2) is 0 Å². The molecule has 10 aromatic rings. The van der Waals surface area contributed by atoms with Crippen LogP contribution in [0.25, 0.3) is 66.8 Å². The van der Waals surface area contributed by atoms with Crippen molar-refractivity contribution in [1.29, 1.82) is 0 Å². The number of fused-ring (bicyclic) bond motifs is 9. The molecule has 1 atom stereocenters. The molecule has 0 fully saturated rings. The summed E-state index contributed by atoms with van der Waals surface area (Å²) in [5.74, 6) is 0. The first-order valence-corrected chi connectivity index (χ1v) is 24.5. The Bertz CT molecular complexity index is 3680. The van der Waals surface area contributed by atoms with Crippen LogP contribution >= 0.6 is 0 Å². The van der Waals surface area contributed by atoms with Crippen LogP contribution in [0.2, 0.25) is 0 Å². The topological polar surface area (TPSA) is 3.24 Å². The zero-order chi connectivity index (χ0) is 46.6. The molecule has 69 heavy (non-hydrogen) atoms. The summed E-state index contributed by atoms with van der Waals surface area (Å²) in [5, 5.41) is 0. The van der Waals surface area contributed by atoms with Crippen LogP contribution < -0.4 is 4.90 Å². The molecule has 1 heteroatoms. The summed E-state index contributed by atoms with van der Waals surface area (Å²) in [4.78, 5) is 2.52. The molecule has 3 aliphatic rings. The second kappa shape index (κ2) is 15.3. The third-order valence-corrected chi connectivity index (χ3v) is 16.2. The summed E-state index contributed by atoms with van der Waals surface area (Å²) < 4.78 is 0. The predicted molar refractivity (Wildman–Crippen MR) is 290 cm³/mol. The highest BCUT2D eigenvalue weighted by molar-refractivity contribution is 6.00. The van der Waals surface area contributed by atoms with Gasteiger partial charge in [-0.3, -0.25) is 0 Å². The summed E-state index contributed by atoms with van der Waals surface area (Å²) in [6.45, 7) is 11.9. The molecule has 0 spiro atoms. The zero-order valence-corrected chi connectivity index (χ0v) is 39.9. The van der Waals surface area contributed by atoms with Crippen molar-refractivity contribution in [2.24, 2.45) is 0 Å². The fourth-order valence-corrected chi connectivity index (χ4v) is 12.8. The fraction of sp³-hybridized carbons (Fsp3) is 0.118. The van der Waals surface area contributed by atoms with Crippen LogP contribution in [-0.4, -0.2) is 0 Å². The van der Waals surface area contributed by atoms with Crippen molar-refractivity contribution < 1.29 is 0 Å². The Morgan fingerprint density at radius 2 is 0.768 bits per heavy atom. The summed E-state index contributed by atoms with van der Waals surface area (Å²) in [7, 11) is 0. The van der Waals surface area contributed by atoms with Gasteiger partial charge in [-0.1, -0.05) is 228 Å². The molecular formula is C68H53N. The standard InChI is InChI=1S/C68H53N/c1-66(2)58-32-15-11-27-56(58)64-54(29-20-34-60(64)66)53-26-13-18-36-63(53)69(47-40-37-44(38-41-47)49-28-19-30-55-51-25-9-14-31-57(51)67(3,4)65(49)55)62-35-17-12-23-48(62)45-39-42-52-50-24-10-16-33-59(50)68(5,61(52)43-45)46-21-7-6-8-22-46/h6-43H,1-5H3. The molecular weight excluding hydrogens is 831 g/mol. The number of nitrogens with zero attached hydrogens (tertiary/aromatic N) is 1. The Kier molecular flexibility index (Phi) is 9.11. The van der Waals surface area contributed by atoms with E-state index in [0.29, 0.717) is 0 Å². The van der Waals surface area contributed by atoms with Gasteiger partial charge in [0.05, 0.1) is 11.4 Å². The first-order valence-electron chi connectivity index (χ1n) is 24.5. The van der Waals surface area contributed by atoms with Crippen LogP contribution in [0.15, 0.2) is 231 Å². The van der Waals surface area contributed by atoms with E-state index in [-0.39, 0.29) is 16.2 Å². The Labute approximate surface area is 407 Å². The molecule has 0 radical (unpaired) electrons. The number of hydrogen-bond acceptors (Lipinski definition) is 1. The molecule has 1 unspecified atom stereocenters. The molecule has 1 nitrogen and oxygen atoms in total. The van der Waals surface area contributed by atoms with Gasteiger partial charge in [0.15, 0.2) is 0 Å². The van der Waals surface area contributed by atoms with Gasteiger partial charge in [-0.05, 0) is 132 Å². The maximum absolute atomic E-state index is 2.52. The molecule has 0 heterocycles. The molecule has 0 N–H and O–H groups in total. The normalized spacial score (nSPS) is 16.2. The lowest BCUT2D eigenvalue weighted by Gasteiger charge is -2.31.